The van der Waals surface area contributed by atoms with E-state index in [1.165, 1.54) is 0 Å². The van der Waals surface area contributed by atoms with Gasteiger partial charge in [-0.25, -0.2) is 87.8 Å². The van der Waals surface area contributed by atoms with E-state index >= 15 is 35.1 Å². The molecule has 0 radical (unpaired) electrons. The first kappa shape index (κ1) is 49.7. The van der Waals surface area contributed by atoms with Crippen molar-refractivity contribution in [2.75, 3.05) is 0 Å². The Bertz CT molecular complexity index is 2860. The fraction of sp³-hybridized carbons (Fsp3) is 0.0233. The van der Waals surface area contributed by atoms with Crippen molar-refractivity contribution >= 4 is 33.8 Å². The van der Waals surface area contributed by atoms with Gasteiger partial charge in [0.15, 0.2) is 76.0 Å². The van der Waals surface area contributed by atoms with Gasteiger partial charge in [-0.05, 0) is 24.3 Å². The lowest BCUT2D eigenvalue weighted by molar-refractivity contribution is -0.672. The van der Waals surface area contributed by atoms with Crippen LogP contribution in [-0.2, 0) is 6.54 Å². The quantitative estimate of drug-likeness (QED) is 0.0383. The largest absolute Gasteiger partial charge is 0.287 e. The monoisotopic (exact) mass is 979 g/mol. The van der Waals surface area contributed by atoms with Crippen LogP contribution < -0.4 is 26.4 Å². The maximum atomic E-state index is 15.4. The summed E-state index contributed by atoms with van der Waals surface area (Å²) < 4.78 is 296. The van der Waals surface area contributed by atoms with Gasteiger partial charge < -0.3 is 0 Å². The summed E-state index contributed by atoms with van der Waals surface area (Å²) in [6, 6.07) is 18.5. The van der Waals surface area contributed by atoms with E-state index in [0.717, 1.165) is 11.3 Å². The predicted molar refractivity (Wildman–Crippen MR) is 195 cm³/mol. The molecule has 0 saturated carbocycles. The number of halogens is 20. The molecular weight excluding hydrogens is 965 g/mol. The first-order chi connectivity index (χ1) is 32.0. The van der Waals surface area contributed by atoms with Crippen molar-refractivity contribution in [2.45, 2.75) is 6.54 Å². The molecule has 0 aliphatic carbocycles. The molecule has 25 heteroatoms. The molecule has 0 amide bonds. The molecule has 6 aromatic carbocycles. The molecule has 0 N–H and O–H groups in total. The van der Waals surface area contributed by atoms with Gasteiger partial charge in [-0.15, -0.1) is 21.9 Å². The normalized spacial score (nSPS) is 11.3. The van der Waals surface area contributed by atoms with Crippen molar-refractivity contribution in [3.63, 3.8) is 0 Å². The first-order valence-electron chi connectivity index (χ1n) is 18.1. The Balaban J connectivity index is 0.000000276. The van der Waals surface area contributed by atoms with E-state index in [9.17, 15) is 57.5 Å². The molecule has 0 aliphatic rings. The SMILES string of the molecule is Fc1c(F)c(F)c([B-](c2c(F)c(F)c(F)c(F)c2F)(c2c(F)c(F)c(F)c(F)c2F)c2c(F)c(F)c(F)c(F)c2F)c(F)c1F.N#Cc1ccc(-c2cncc[n+]2CC(=O)c2ccccc2)cc1. The van der Waals surface area contributed by atoms with Gasteiger partial charge in [-0.3, -0.25) is 9.78 Å². The molecule has 350 valence electrons. The minimum Gasteiger partial charge on any atom is -0.287 e. The molecule has 7 rings (SSSR count). The van der Waals surface area contributed by atoms with E-state index in [4.69, 9.17) is 5.26 Å². The van der Waals surface area contributed by atoms with Gasteiger partial charge in [0.25, 0.3) is 0 Å². The van der Waals surface area contributed by atoms with Crippen molar-refractivity contribution in [2.24, 2.45) is 0 Å². The minimum absolute atomic E-state index is 0.0386. The van der Waals surface area contributed by atoms with Crippen LogP contribution in [0.1, 0.15) is 15.9 Å². The molecular formula is C43H14BF20N3O. The van der Waals surface area contributed by atoms with E-state index in [1.807, 2.05) is 47.0 Å². The number of aromatic nitrogens is 2. The van der Waals surface area contributed by atoms with Crippen molar-refractivity contribution in [1.82, 2.24) is 4.98 Å². The summed E-state index contributed by atoms with van der Waals surface area (Å²) in [5.74, 6) is -71.4. The van der Waals surface area contributed by atoms with E-state index in [0.29, 0.717) is 11.1 Å². The Kier molecular flexibility index (Phi) is 13.8. The van der Waals surface area contributed by atoms with E-state index in [-0.39, 0.29) is 12.3 Å². The number of nitrogens with zero attached hydrogens (tertiary/aromatic N) is 3. The number of benzene rings is 6. The molecule has 0 saturated heterocycles. The highest BCUT2D eigenvalue weighted by Gasteiger charge is 2.52. The van der Waals surface area contributed by atoms with Crippen LogP contribution >= 0.6 is 0 Å². The standard InChI is InChI=1S/C24BF20.C19H14N3O/c26-5-1(6(27)14(35)21(42)13(5)34)25(2-7(28)15(36)22(43)16(37)8(2)29,3-9(30)17(38)23(44)18(39)10(3)31)4-11(32)19(40)24(45)20(41)12(4)33;20-12-15-6-8-16(9-7-15)18-13-21-10-11-22(18)14-19(23)17-4-2-1-3-5-17/h;1-11,13H,14H2/q-1;+1. The summed E-state index contributed by atoms with van der Waals surface area (Å²) >= 11 is 0. The van der Waals surface area contributed by atoms with Crippen LogP contribution in [0.3, 0.4) is 0 Å². The first-order valence-corrected chi connectivity index (χ1v) is 18.1. The maximum Gasteiger partial charge on any atom is 0.231 e. The molecule has 0 fully saturated rings. The van der Waals surface area contributed by atoms with E-state index < -0.39 is 144 Å². The molecule has 1 heterocycles. The number of carbonyl (C=O) groups excluding carboxylic acids is 1. The average Bonchev–Trinajstić information content (AvgIpc) is 3.34. The molecule has 0 atom stereocenters. The number of hydrogen-bond donors (Lipinski definition) is 0. The highest BCUT2D eigenvalue weighted by molar-refractivity contribution is 7.20. The lowest BCUT2D eigenvalue weighted by atomic mass is 9.12. The molecule has 0 bridgehead atoms. The summed E-state index contributed by atoms with van der Waals surface area (Å²) in [5.41, 5.74) is -11.3. The second-order valence-corrected chi connectivity index (χ2v) is 13.9. The number of rotatable bonds is 8. The molecule has 7 aromatic rings. The number of Topliss-reactive ketones (excluding diaryl/α,β-unsaturated/α-hetero) is 1. The van der Waals surface area contributed by atoms with Gasteiger partial charge in [-0.2, -0.15) is 9.83 Å². The molecule has 68 heavy (non-hydrogen) atoms. The summed E-state index contributed by atoms with van der Waals surface area (Å²) in [4.78, 5) is 16.6. The fourth-order valence-corrected chi connectivity index (χ4v) is 7.23. The molecule has 0 unspecified atom stereocenters. The van der Waals surface area contributed by atoms with E-state index in [2.05, 4.69) is 11.1 Å². The third-order valence-electron chi connectivity index (χ3n) is 10.3. The van der Waals surface area contributed by atoms with Crippen molar-refractivity contribution < 1.29 is 97.2 Å². The molecule has 0 aliphatic heterocycles. The second kappa shape index (κ2) is 18.8. The smallest absolute Gasteiger partial charge is 0.231 e. The Labute approximate surface area is 365 Å². The average molecular weight is 979 g/mol. The van der Waals surface area contributed by atoms with Crippen LogP contribution in [0.4, 0.5) is 87.8 Å². The zero-order chi connectivity index (χ0) is 50.4. The lowest BCUT2D eigenvalue weighted by Crippen LogP contribution is -2.81. The number of hydrogen-bond acceptors (Lipinski definition) is 3. The van der Waals surface area contributed by atoms with Crippen LogP contribution in [0.15, 0.2) is 73.2 Å². The summed E-state index contributed by atoms with van der Waals surface area (Å²) in [7, 11) is 0. The van der Waals surface area contributed by atoms with Gasteiger partial charge in [0.1, 0.15) is 52.7 Å². The van der Waals surface area contributed by atoms with Crippen molar-refractivity contribution in [3.8, 4) is 17.3 Å². The number of nitriles is 1. The Morgan fingerprint density at radius 2 is 0.765 bits per heavy atom. The summed E-state index contributed by atoms with van der Waals surface area (Å²) in [5, 5.41) is 8.89. The van der Waals surface area contributed by atoms with E-state index in [1.54, 1.807) is 30.7 Å². The minimum atomic E-state index is -7.22. The Morgan fingerprint density at radius 1 is 0.456 bits per heavy atom. The molecule has 4 nitrogen and oxygen atoms in total. The molecule has 0 spiro atoms. The van der Waals surface area contributed by atoms with Crippen LogP contribution in [0.2, 0.25) is 0 Å². The zero-order valence-electron chi connectivity index (χ0n) is 32.5. The lowest BCUT2D eigenvalue weighted by Gasteiger charge is -2.44. The van der Waals surface area contributed by atoms with Gasteiger partial charge >= 0.3 is 0 Å². The van der Waals surface area contributed by atoms with Gasteiger partial charge in [0.05, 0.1) is 24.0 Å². The Hall–Kier alpha value is -7.78. The number of carbonyl (C=O) groups is 1. The van der Waals surface area contributed by atoms with Crippen molar-refractivity contribution in [1.29, 1.82) is 5.26 Å². The second-order valence-electron chi connectivity index (χ2n) is 13.9. The van der Waals surface area contributed by atoms with Gasteiger partial charge in [-0.1, -0.05) is 30.3 Å². The topological polar surface area (TPSA) is 57.6 Å². The highest BCUT2D eigenvalue weighted by atomic mass is 19.2. The summed E-state index contributed by atoms with van der Waals surface area (Å²) in [6.45, 7) is 0.238. The highest BCUT2D eigenvalue weighted by Crippen LogP contribution is 2.31. The van der Waals surface area contributed by atoms with Gasteiger partial charge in [0, 0.05) is 11.1 Å². The van der Waals surface area contributed by atoms with Crippen molar-refractivity contribution in [3.05, 3.63) is 201 Å². The third-order valence-corrected chi connectivity index (χ3v) is 10.3. The fourth-order valence-electron chi connectivity index (χ4n) is 7.23. The van der Waals surface area contributed by atoms with Crippen LogP contribution in [-0.4, -0.2) is 16.9 Å². The maximum absolute atomic E-state index is 15.4. The van der Waals surface area contributed by atoms with Gasteiger partial charge in [0.2, 0.25) is 18.0 Å². The Morgan fingerprint density at radius 3 is 1.07 bits per heavy atom. The summed E-state index contributed by atoms with van der Waals surface area (Å²) in [6.07, 6.45) is -2.05. The van der Waals surface area contributed by atoms with Crippen LogP contribution in [0, 0.1) is 128 Å². The predicted octanol–water partition coefficient (Wildman–Crippen LogP) is 8.64. The van der Waals surface area contributed by atoms with Crippen LogP contribution in [0.25, 0.3) is 11.3 Å². The third kappa shape index (κ3) is 7.91. The zero-order valence-corrected chi connectivity index (χ0v) is 32.5. The number of ketones is 1. The van der Waals surface area contributed by atoms with Crippen LogP contribution in [0.5, 0.6) is 0 Å². The molecule has 1 aromatic heterocycles.